The number of ether oxygens (including phenoxy) is 1. The van der Waals surface area contributed by atoms with Crippen LogP contribution in [0.25, 0.3) is 0 Å². The Kier molecular flexibility index (Phi) is 5.31. The lowest BCUT2D eigenvalue weighted by Crippen LogP contribution is -2.57. The van der Waals surface area contributed by atoms with Crippen LogP contribution in [0.15, 0.2) is 24.3 Å². The first kappa shape index (κ1) is 19.2. The van der Waals surface area contributed by atoms with E-state index in [1.807, 2.05) is 29.2 Å². The van der Waals surface area contributed by atoms with Crippen molar-refractivity contribution in [2.45, 2.75) is 37.1 Å². The van der Waals surface area contributed by atoms with Gasteiger partial charge < -0.3 is 19.9 Å². The molecule has 1 aromatic rings. The molecule has 1 spiro atoms. The number of piperidine rings is 1. The Bertz CT molecular complexity index is 770. The minimum absolute atomic E-state index is 0.0163. The predicted molar refractivity (Wildman–Crippen MR) is 106 cm³/mol. The Balaban J connectivity index is 1.33. The van der Waals surface area contributed by atoms with Gasteiger partial charge in [-0.05, 0) is 36.5 Å². The molecule has 0 radical (unpaired) electrons. The molecule has 2 saturated heterocycles. The second-order valence-corrected chi connectivity index (χ2v) is 9.62. The number of benzene rings is 1. The highest BCUT2D eigenvalue weighted by Crippen LogP contribution is 2.41. The first-order chi connectivity index (χ1) is 13.5. The minimum Gasteiger partial charge on any atom is -0.497 e. The van der Waals surface area contributed by atoms with Crippen LogP contribution in [0.1, 0.15) is 31.2 Å². The smallest absolute Gasteiger partial charge is 0.317 e. The van der Waals surface area contributed by atoms with E-state index in [4.69, 9.17) is 4.74 Å². The summed E-state index contributed by atoms with van der Waals surface area (Å²) in [6, 6.07) is 7.47. The third-order valence-electron chi connectivity index (χ3n) is 6.04. The summed E-state index contributed by atoms with van der Waals surface area (Å²) in [5, 5.41) is 2.95. The van der Waals surface area contributed by atoms with E-state index in [1.165, 1.54) is 0 Å². The lowest BCUT2D eigenvalue weighted by atomic mass is 10.0. The summed E-state index contributed by atoms with van der Waals surface area (Å²) in [7, 11) is 0.446. The molecule has 1 aliphatic carbocycles. The standard InChI is InChI=1S/C20H27N3O4S/c1-27-17-6-4-15(5-7-17)12-21-19(25)22-10-8-20(9-11-22)23(13-16-2-3-16)18(24)14-28(20)26/h4-7,16H,2-3,8-14H2,1H3,(H,21,25). The van der Waals surface area contributed by atoms with Crippen LogP contribution in [0.2, 0.25) is 0 Å². The van der Waals surface area contributed by atoms with E-state index in [9.17, 15) is 13.8 Å². The van der Waals surface area contributed by atoms with E-state index in [0.717, 1.165) is 30.7 Å². The fraction of sp³-hybridized carbons (Fsp3) is 0.600. The quantitative estimate of drug-likeness (QED) is 0.809. The molecule has 4 rings (SSSR count). The summed E-state index contributed by atoms with van der Waals surface area (Å²) >= 11 is 0. The second kappa shape index (κ2) is 7.73. The Morgan fingerprint density at radius 1 is 1.25 bits per heavy atom. The first-order valence-corrected chi connectivity index (χ1v) is 11.2. The molecule has 3 amide bonds. The third-order valence-corrected chi connectivity index (χ3v) is 8.03. The normalized spacial score (nSPS) is 23.9. The molecule has 0 bridgehead atoms. The van der Waals surface area contributed by atoms with Crippen molar-refractivity contribution in [3.63, 3.8) is 0 Å². The highest BCUT2D eigenvalue weighted by atomic mass is 32.2. The van der Waals surface area contributed by atoms with Crippen molar-refractivity contribution in [1.29, 1.82) is 0 Å². The number of hydrogen-bond acceptors (Lipinski definition) is 4. The Morgan fingerprint density at radius 2 is 1.93 bits per heavy atom. The molecule has 1 N–H and O–H groups in total. The van der Waals surface area contributed by atoms with Gasteiger partial charge in [-0.25, -0.2) is 4.79 Å². The average Bonchev–Trinajstić information content (AvgIpc) is 3.51. The zero-order valence-corrected chi connectivity index (χ0v) is 17.0. The van der Waals surface area contributed by atoms with Gasteiger partial charge in [0.15, 0.2) is 0 Å². The first-order valence-electron chi connectivity index (χ1n) is 9.86. The summed E-state index contributed by atoms with van der Waals surface area (Å²) < 4.78 is 17.9. The molecule has 1 atom stereocenters. The number of nitrogens with one attached hydrogen (secondary N) is 1. The average molecular weight is 406 g/mol. The van der Waals surface area contributed by atoms with Crippen LogP contribution in [-0.4, -0.2) is 63.3 Å². The molecule has 2 aliphatic heterocycles. The fourth-order valence-corrected chi connectivity index (χ4v) is 5.80. The van der Waals surface area contributed by atoms with E-state index < -0.39 is 15.7 Å². The maximum Gasteiger partial charge on any atom is 0.317 e. The van der Waals surface area contributed by atoms with Gasteiger partial charge >= 0.3 is 6.03 Å². The van der Waals surface area contributed by atoms with Gasteiger partial charge in [0, 0.05) is 39.0 Å². The van der Waals surface area contributed by atoms with Crippen LogP contribution in [0.5, 0.6) is 5.75 Å². The molecule has 1 aromatic carbocycles. The molecule has 152 valence electrons. The Morgan fingerprint density at radius 3 is 2.54 bits per heavy atom. The minimum atomic E-state index is -1.18. The highest BCUT2D eigenvalue weighted by Gasteiger charge is 2.54. The monoisotopic (exact) mass is 405 g/mol. The molecule has 8 heteroatoms. The van der Waals surface area contributed by atoms with Crippen molar-refractivity contribution in [1.82, 2.24) is 15.1 Å². The van der Waals surface area contributed by atoms with Crippen molar-refractivity contribution in [3.8, 4) is 5.75 Å². The van der Waals surface area contributed by atoms with Gasteiger partial charge in [0.1, 0.15) is 16.4 Å². The number of likely N-dealkylation sites (tertiary alicyclic amines) is 1. The van der Waals surface area contributed by atoms with Crippen molar-refractivity contribution in [2.75, 3.05) is 32.5 Å². The zero-order chi connectivity index (χ0) is 19.7. The molecular formula is C20H27N3O4S. The molecule has 1 unspecified atom stereocenters. The van der Waals surface area contributed by atoms with E-state index >= 15 is 0 Å². The largest absolute Gasteiger partial charge is 0.497 e. The predicted octanol–water partition coefficient (Wildman–Crippen LogP) is 1.70. The summed E-state index contributed by atoms with van der Waals surface area (Å²) in [4.78, 5) is 28.0. The van der Waals surface area contributed by atoms with Crippen molar-refractivity contribution >= 4 is 22.7 Å². The number of hydrogen-bond donors (Lipinski definition) is 1. The van der Waals surface area contributed by atoms with Gasteiger partial charge in [-0.1, -0.05) is 12.1 Å². The van der Waals surface area contributed by atoms with Gasteiger partial charge in [-0.15, -0.1) is 0 Å². The zero-order valence-electron chi connectivity index (χ0n) is 16.2. The van der Waals surface area contributed by atoms with Crippen molar-refractivity contribution < 1.29 is 18.5 Å². The number of carbonyl (C=O) groups excluding carboxylic acids is 2. The van der Waals surface area contributed by atoms with Crippen LogP contribution < -0.4 is 10.1 Å². The van der Waals surface area contributed by atoms with E-state index in [-0.39, 0.29) is 17.7 Å². The van der Waals surface area contributed by atoms with Gasteiger partial charge in [0.25, 0.3) is 0 Å². The fourth-order valence-electron chi connectivity index (χ4n) is 4.09. The molecular weight excluding hydrogens is 378 g/mol. The molecule has 2 heterocycles. The molecule has 7 nitrogen and oxygen atoms in total. The number of rotatable bonds is 5. The maximum atomic E-state index is 12.7. The SMILES string of the molecule is COc1ccc(CNC(=O)N2CCC3(CC2)N(CC2CC2)C(=O)CS3=O)cc1. The number of carbonyl (C=O) groups is 2. The topological polar surface area (TPSA) is 79.0 Å². The van der Waals surface area contributed by atoms with Crippen LogP contribution in [0.3, 0.4) is 0 Å². The Labute approximate surface area is 167 Å². The maximum absolute atomic E-state index is 12.7. The van der Waals surface area contributed by atoms with Gasteiger partial charge in [0.2, 0.25) is 5.91 Å². The number of amides is 3. The van der Waals surface area contributed by atoms with Crippen LogP contribution in [-0.2, 0) is 22.1 Å². The lowest BCUT2D eigenvalue weighted by Gasteiger charge is -2.43. The summed E-state index contributed by atoms with van der Waals surface area (Å²) in [5.74, 6) is 1.51. The molecule has 1 saturated carbocycles. The van der Waals surface area contributed by atoms with E-state index in [0.29, 0.717) is 38.4 Å². The summed E-state index contributed by atoms with van der Waals surface area (Å²) in [6.07, 6.45) is 3.50. The van der Waals surface area contributed by atoms with Gasteiger partial charge in [-0.3, -0.25) is 9.00 Å². The van der Waals surface area contributed by atoms with E-state index in [2.05, 4.69) is 5.32 Å². The second-order valence-electron chi connectivity index (χ2n) is 7.88. The molecule has 28 heavy (non-hydrogen) atoms. The number of nitrogens with zero attached hydrogens (tertiary/aromatic N) is 2. The van der Waals surface area contributed by atoms with Crippen LogP contribution in [0.4, 0.5) is 4.79 Å². The van der Waals surface area contributed by atoms with Crippen LogP contribution >= 0.6 is 0 Å². The summed E-state index contributed by atoms with van der Waals surface area (Å²) in [6.45, 7) is 2.22. The van der Waals surface area contributed by atoms with Gasteiger partial charge in [0.05, 0.1) is 17.9 Å². The number of urea groups is 1. The number of methoxy groups -OCH3 is 1. The summed E-state index contributed by atoms with van der Waals surface area (Å²) in [5.41, 5.74) is 1.00. The van der Waals surface area contributed by atoms with Crippen molar-refractivity contribution in [3.05, 3.63) is 29.8 Å². The van der Waals surface area contributed by atoms with Crippen LogP contribution in [0, 0.1) is 5.92 Å². The molecule has 3 aliphatic rings. The molecule has 3 fully saturated rings. The highest BCUT2D eigenvalue weighted by molar-refractivity contribution is 7.87. The lowest BCUT2D eigenvalue weighted by molar-refractivity contribution is -0.131. The van der Waals surface area contributed by atoms with Crippen molar-refractivity contribution in [2.24, 2.45) is 5.92 Å². The third kappa shape index (κ3) is 3.74. The van der Waals surface area contributed by atoms with Gasteiger partial charge in [-0.2, -0.15) is 0 Å². The van der Waals surface area contributed by atoms with E-state index in [1.54, 1.807) is 12.0 Å². The Hall–Kier alpha value is -2.09. The molecule has 0 aromatic heterocycles.